The lowest BCUT2D eigenvalue weighted by Gasteiger charge is -2.32. The highest BCUT2D eigenvalue weighted by molar-refractivity contribution is 5.90. The van der Waals surface area contributed by atoms with E-state index in [-0.39, 0.29) is 23.6 Å². The van der Waals surface area contributed by atoms with Crippen LogP contribution in [0.4, 0.5) is 17.6 Å². The van der Waals surface area contributed by atoms with E-state index in [1.165, 1.54) is 43.4 Å². The topological polar surface area (TPSA) is 105 Å². The fraction of sp³-hybridized carbons (Fsp3) is 0.350. The Labute approximate surface area is 183 Å². The molecule has 0 aromatic carbocycles. The number of aromatic amines is 1. The number of alkyl halides is 4. The van der Waals surface area contributed by atoms with E-state index in [0.29, 0.717) is 12.1 Å². The van der Waals surface area contributed by atoms with E-state index in [0.717, 1.165) is 16.3 Å². The molecule has 4 aromatic rings. The SMILES string of the molecule is CC(C)(F)c1nnc(C(=O)N2CCc3[nH]cnc3[C@H]2c2cc3c(C(F)(F)F)cccn3n2)o1. The second-order valence-electron chi connectivity index (χ2n) is 8.12. The van der Waals surface area contributed by atoms with E-state index in [4.69, 9.17) is 4.42 Å². The summed E-state index contributed by atoms with van der Waals surface area (Å²) in [6.45, 7) is 2.60. The summed E-state index contributed by atoms with van der Waals surface area (Å²) in [5, 5.41) is 11.6. The molecule has 5 rings (SSSR count). The van der Waals surface area contributed by atoms with Gasteiger partial charge in [-0.05, 0) is 32.0 Å². The standard InChI is InChI=1S/C20H17F4N7O2/c1-19(2,21)18-28-27-16(33-18)17(32)30-7-5-11-14(26-9-25-11)15(30)12-8-13-10(20(22,23)24)4-3-6-31(13)29-12/h3-4,6,8-9,15H,5,7H2,1-2H3,(H,25,26)/t15-/m1/s1. The molecule has 13 heteroatoms. The normalized spacial score (nSPS) is 16.9. The Morgan fingerprint density at radius 1 is 1.24 bits per heavy atom. The van der Waals surface area contributed by atoms with Gasteiger partial charge in [0, 0.05) is 24.9 Å². The molecule has 1 N–H and O–H groups in total. The molecule has 0 radical (unpaired) electrons. The molecule has 1 atom stereocenters. The van der Waals surface area contributed by atoms with Gasteiger partial charge in [0.15, 0.2) is 5.67 Å². The van der Waals surface area contributed by atoms with Crippen molar-refractivity contribution in [1.29, 1.82) is 0 Å². The Hall–Kier alpha value is -3.77. The third-order valence-electron chi connectivity index (χ3n) is 5.41. The number of hydrogen-bond acceptors (Lipinski definition) is 6. The summed E-state index contributed by atoms with van der Waals surface area (Å²) in [6, 6.07) is 2.57. The molecule has 9 nitrogen and oxygen atoms in total. The van der Waals surface area contributed by atoms with Crippen LogP contribution in [0.2, 0.25) is 0 Å². The molecule has 0 unspecified atom stereocenters. The van der Waals surface area contributed by atoms with Crippen molar-refractivity contribution in [2.24, 2.45) is 0 Å². The van der Waals surface area contributed by atoms with Gasteiger partial charge in [0.2, 0.25) is 0 Å². The fourth-order valence-corrected chi connectivity index (χ4v) is 3.88. The summed E-state index contributed by atoms with van der Waals surface area (Å²) in [5.74, 6) is -1.49. The second kappa shape index (κ2) is 7.12. The van der Waals surface area contributed by atoms with Crippen LogP contribution < -0.4 is 0 Å². The van der Waals surface area contributed by atoms with Gasteiger partial charge in [0.1, 0.15) is 6.04 Å². The summed E-state index contributed by atoms with van der Waals surface area (Å²) in [6.07, 6.45) is -1.34. The first kappa shape index (κ1) is 21.1. The van der Waals surface area contributed by atoms with Crippen LogP contribution in [0.5, 0.6) is 0 Å². The first-order valence-electron chi connectivity index (χ1n) is 9.95. The number of aromatic nitrogens is 6. The number of fused-ring (bicyclic) bond motifs is 2. The smallest absolute Gasteiger partial charge is 0.413 e. The monoisotopic (exact) mass is 463 g/mol. The van der Waals surface area contributed by atoms with Crippen LogP contribution in [-0.2, 0) is 18.3 Å². The average molecular weight is 463 g/mol. The van der Waals surface area contributed by atoms with Crippen LogP contribution in [0, 0.1) is 0 Å². The van der Waals surface area contributed by atoms with Gasteiger partial charge in [-0.2, -0.15) is 18.3 Å². The number of H-pyrrole nitrogens is 1. The van der Waals surface area contributed by atoms with E-state index in [1.807, 2.05) is 0 Å². The number of pyridine rings is 1. The van der Waals surface area contributed by atoms with Crippen LogP contribution >= 0.6 is 0 Å². The molecule has 4 aromatic heterocycles. The molecule has 0 saturated heterocycles. The van der Waals surface area contributed by atoms with Crippen LogP contribution in [0.3, 0.4) is 0 Å². The lowest BCUT2D eigenvalue weighted by atomic mass is 9.99. The van der Waals surface area contributed by atoms with Crippen molar-refractivity contribution in [2.45, 2.75) is 38.2 Å². The molecule has 33 heavy (non-hydrogen) atoms. The van der Waals surface area contributed by atoms with Gasteiger partial charge >= 0.3 is 18.0 Å². The molecule has 0 saturated carbocycles. The minimum Gasteiger partial charge on any atom is -0.413 e. The number of carbonyl (C=O) groups excluding carboxylic acids is 1. The van der Waals surface area contributed by atoms with Crippen molar-refractivity contribution in [2.75, 3.05) is 6.54 Å². The molecule has 0 aliphatic carbocycles. The molecule has 1 aliphatic rings. The lowest BCUT2D eigenvalue weighted by Crippen LogP contribution is -2.41. The van der Waals surface area contributed by atoms with Crippen molar-refractivity contribution in [1.82, 2.24) is 34.7 Å². The molecular formula is C20H17F4N7O2. The molecule has 172 valence electrons. The van der Waals surface area contributed by atoms with Gasteiger partial charge in [-0.3, -0.25) is 4.79 Å². The molecule has 0 bridgehead atoms. The number of rotatable bonds is 3. The third kappa shape index (κ3) is 3.52. The second-order valence-corrected chi connectivity index (χ2v) is 8.12. The average Bonchev–Trinajstić information content (AvgIpc) is 3.49. The van der Waals surface area contributed by atoms with E-state index in [9.17, 15) is 22.4 Å². The largest absolute Gasteiger partial charge is 0.418 e. The van der Waals surface area contributed by atoms with Crippen molar-refractivity contribution in [3.8, 4) is 0 Å². The zero-order chi connectivity index (χ0) is 23.5. The number of imidazole rings is 1. The first-order valence-corrected chi connectivity index (χ1v) is 9.95. The fourth-order valence-electron chi connectivity index (χ4n) is 3.88. The van der Waals surface area contributed by atoms with Crippen LogP contribution in [0.1, 0.15) is 59.1 Å². The van der Waals surface area contributed by atoms with Gasteiger partial charge in [-0.1, -0.05) is 0 Å². The van der Waals surface area contributed by atoms with Crippen LogP contribution in [0.25, 0.3) is 5.52 Å². The molecular weight excluding hydrogens is 446 g/mol. The number of amides is 1. The van der Waals surface area contributed by atoms with Gasteiger partial charge < -0.3 is 14.3 Å². The summed E-state index contributed by atoms with van der Waals surface area (Å²) in [4.78, 5) is 21.9. The number of hydrogen-bond donors (Lipinski definition) is 1. The van der Waals surface area contributed by atoms with Crippen molar-refractivity contribution >= 4 is 11.4 Å². The highest BCUT2D eigenvalue weighted by atomic mass is 19.4. The predicted molar refractivity (Wildman–Crippen MR) is 104 cm³/mol. The van der Waals surface area contributed by atoms with E-state index in [1.54, 1.807) is 0 Å². The van der Waals surface area contributed by atoms with Gasteiger partial charge in [0.25, 0.3) is 5.89 Å². The Kier molecular flexibility index (Phi) is 4.55. The van der Waals surface area contributed by atoms with Crippen LogP contribution in [-0.4, -0.2) is 47.1 Å². The summed E-state index contributed by atoms with van der Waals surface area (Å²) < 4.78 is 61.0. The van der Waals surface area contributed by atoms with Crippen molar-refractivity contribution in [3.05, 3.63) is 65.1 Å². The van der Waals surface area contributed by atoms with Crippen molar-refractivity contribution in [3.63, 3.8) is 0 Å². The number of nitrogens with one attached hydrogen (secondary N) is 1. The minimum atomic E-state index is -4.58. The van der Waals surface area contributed by atoms with E-state index < -0.39 is 35.2 Å². The highest BCUT2D eigenvalue weighted by Gasteiger charge is 2.40. The Bertz CT molecular complexity index is 1350. The third-order valence-corrected chi connectivity index (χ3v) is 5.41. The highest BCUT2D eigenvalue weighted by Crippen LogP contribution is 2.37. The van der Waals surface area contributed by atoms with Gasteiger partial charge in [-0.25, -0.2) is 13.9 Å². The zero-order valence-electron chi connectivity index (χ0n) is 17.4. The number of carbonyl (C=O) groups is 1. The maximum atomic E-state index is 14.1. The van der Waals surface area contributed by atoms with Gasteiger partial charge in [-0.15, -0.1) is 10.2 Å². The zero-order valence-corrected chi connectivity index (χ0v) is 17.4. The predicted octanol–water partition coefficient (Wildman–Crippen LogP) is 3.45. The van der Waals surface area contributed by atoms with E-state index >= 15 is 0 Å². The summed E-state index contributed by atoms with van der Waals surface area (Å²) in [5.41, 5.74) is -1.61. The van der Waals surface area contributed by atoms with E-state index in [2.05, 4.69) is 25.3 Å². The molecule has 0 fully saturated rings. The summed E-state index contributed by atoms with van der Waals surface area (Å²) >= 11 is 0. The maximum Gasteiger partial charge on any atom is 0.418 e. The first-order chi connectivity index (χ1) is 15.5. The minimum absolute atomic E-state index is 0.158. The lowest BCUT2D eigenvalue weighted by molar-refractivity contribution is -0.136. The van der Waals surface area contributed by atoms with Crippen LogP contribution in [0.15, 0.2) is 35.1 Å². The molecule has 1 aliphatic heterocycles. The molecule has 0 spiro atoms. The number of halogens is 4. The Balaban J connectivity index is 1.61. The van der Waals surface area contributed by atoms with Crippen molar-refractivity contribution < 1.29 is 26.8 Å². The molecule has 1 amide bonds. The Morgan fingerprint density at radius 2 is 2.03 bits per heavy atom. The maximum absolute atomic E-state index is 14.1. The molecule has 5 heterocycles. The summed E-state index contributed by atoms with van der Waals surface area (Å²) in [7, 11) is 0. The Morgan fingerprint density at radius 3 is 2.73 bits per heavy atom. The quantitative estimate of drug-likeness (QED) is 0.467. The number of nitrogens with zero attached hydrogens (tertiary/aromatic N) is 6. The van der Waals surface area contributed by atoms with Gasteiger partial charge in [0.05, 0.1) is 28.8 Å².